The standard InChI is InChI=1S/C30H50N6O5/c1-35-14-12-30(22-31,13-15-35)34-27(37)26(20-23-6-4-3-5-7-23)32-28(36-16-18-40-19-17-36)33-29(38)41-21-24-8-10-25(39-2)11-9-24/h23-26H,3-21H2,1-2H3,(H,34,37)(H,32,33,38)/t24?,25?,26-/m0/s1. The third-order valence-corrected chi connectivity index (χ3v) is 9.38. The molecule has 230 valence electrons. The van der Waals surface area contributed by atoms with E-state index in [0.717, 1.165) is 64.5 Å². The highest BCUT2D eigenvalue weighted by Gasteiger charge is 2.38. The Balaban J connectivity index is 1.48. The van der Waals surface area contributed by atoms with Crippen LogP contribution in [0.5, 0.6) is 0 Å². The van der Waals surface area contributed by atoms with Gasteiger partial charge in [0.15, 0.2) is 0 Å². The number of aliphatic imine (C=N–C) groups is 1. The van der Waals surface area contributed by atoms with Gasteiger partial charge in [-0.3, -0.25) is 10.1 Å². The Morgan fingerprint density at radius 2 is 1.71 bits per heavy atom. The molecule has 2 amide bonds. The Labute approximate surface area is 245 Å². The van der Waals surface area contributed by atoms with Crippen molar-refractivity contribution in [1.29, 1.82) is 5.26 Å². The summed E-state index contributed by atoms with van der Waals surface area (Å²) in [5, 5.41) is 16.0. The number of alkyl carbamates (subject to hydrolysis) is 1. The summed E-state index contributed by atoms with van der Waals surface area (Å²) in [7, 11) is 3.78. The molecule has 4 rings (SSSR count). The predicted octanol–water partition coefficient (Wildman–Crippen LogP) is 3.05. The summed E-state index contributed by atoms with van der Waals surface area (Å²) >= 11 is 0. The Morgan fingerprint density at radius 1 is 1.02 bits per heavy atom. The van der Waals surface area contributed by atoms with Crippen LogP contribution in [0, 0.1) is 23.2 Å². The molecule has 4 fully saturated rings. The van der Waals surface area contributed by atoms with E-state index in [2.05, 4.69) is 21.6 Å². The van der Waals surface area contributed by atoms with Gasteiger partial charge in [0, 0.05) is 33.3 Å². The number of nitrogens with one attached hydrogen (secondary N) is 2. The minimum absolute atomic E-state index is 0.238. The Hall–Kier alpha value is -2.42. The van der Waals surface area contributed by atoms with E-state index in [1.54, 1.807) is 7.11 Å². The van der Waals surface area contributed by atoms with E-state index in [4.69, 9.17) is 19.2 Å². The number of hydrogen-bond acceptors (Lipinski definition) is 8. The topological polar surface area (TPSA) is 129 Å². The lowest BCUT2D eigenvalue weighted by atomic mass is 9.84. The summed E-state index contributed by atoms with van der Waals surface area (Å²) in [5.74, 6) is 0.820. The normalized spacial score (nSPS) is 27.0. The van der Waals surface area contributed by atoms with Crippen molar-refractivity contribution in [2.75, 3.05) is 60.2 Å². The zero-order valence-corrected chi connectivity index (χ0v) is 25.1. The summed E-state index contributed by atoms with van der Waals surface area (Å²) in [6, 6.07) is 1.70. The van der Waals surface area contributed by atoms with Crippen LogP contribution in [0.1, 0.15) is 77.0 Å². The van der Waals surface area contributed by atoms with Crippen molar-refractivity contribution in [2.24, 2.45) is 16.8 Å². The van der Waals surface area contributed by atoms with E-state index in [0.29, 0.717) is 76.1 Å². The summed E-state index contributed by atoms with van der Waals surface area (Å²) in [4.78, 5) is 35.9. The maximum atomic E-state index is 13.8. The highest BCUT2D eigenvalue weighted by molar-refractivity contribution is 5.96. The van der Waals surface area contributed by atoms with Crippen molar-refractivity contribution in [3.63, 3.8) is 0 Å². The monoisotopic (exact) mass is 574 g/mol. The molecular formula is C30H50N6O5. The number of carbonyl (C=O) groups is 2. The quantitative estimate of drug-likeness (QED) is 0.334. The number of rotatable bonds is 8. The summed E-state index contributed by atoms with van der Waals surface area (Å²) in [6.07, 6.45) is 11.1. The first-order valence-electron chi connectivity index (χ1n) is 15.7. The largest absolute Gasteiger partial charge is 0.449 e. The maximum absolute atomic E-state index is 13.8. The number of nitriles is 1. The zero-order valence-electron chi connectivity index (χ0n) is 25.1. The molecule has 1 atom stereocenters. The maximum Gasteiger partial charge on any atom is 0.413 e. The molecule has 11 heteroatoms. The smallest absolute Gasteiger partial charge is 0.413 e. The van der Waals surface area contributed by atoms with Gasteiger partial charge in [0.2, 0.25) is 11.9 Å². The SMILES string of the molecule is COC1CCC(COC(=O)NC(=N[C@@H](CC2CCCCC2)C(=O)NC2(C#N)CCN(C)CC2)N2CCOCC2)CC1. The molecule has 11 nitrogen and oxygen atoms in total. The molecule has 0 aromatic rings. The van der Waals surface area contributed by atoms with Crippen molar-refractivity contribution in [2.45, 2.75) is 94.7 Å². The van der Waals surface area contributed by atoms with Crippen LogP contribution in [-0.4, -0.2) is 106 Å². The third kappa shape index (κ3) is 9.55. The van der Waals surface area contributed by atoms with E-state index >= 15 is 0 Å². The summed E-state index contributed by atoms with van der Waals surface area (Å²) in [6.45, 7) is 4.02. The molecule has 2 saturated carbocycles. The predicted molar refractivity (Wildman–Crippen MR) is 155 cm³/mol. The van der Waals surface area contributed by atoms with Gasteiger partial charge >= 0.3 is 6.09 Å². The molecule has 2 aliphatic heterocycles. The number of nitrogens with zero attached hydrogens (tertiary/aromatic N) is 4. The number of likely N-dealkylation sites (tertiary alicyclic amines) is 1. The van der Waals surface area contributed by atoms with Crippen molar-refractivity contribution in [3.8, 4) is 6.07 Å². The summed E-state index contributed by atoms with van der Waals surface area (Å²) < 4.78 is 16.6. The molecule has 0 unspecified atom stereocenters. The molecule has 4 aliphatic rings. The molecular weight excluding hydrogens is 524 g/mol. The number of carbonyl (C=O) groups excluding carboxylic acids is 2. The first-order valence-corrected chi connectivity index (χ1v) is 15.7. The van der Waals surface area contributed by atoms with Gasteiger partial charge in [0.25, 0.3) is 0 Å². The minimum Gasteiger partial charge on any atom is -0.449 e. The zero-order chi connectivity index (χ0) is 29.1. The average molecular weight is 575 g/mol. The van der Waals surface area contributed by atoms with Crippen LogP contribution >= 0.6 is 0 Å². The van der Waals surface area contributed by atoms with Gasteiger partial charge in [0.05, 0.1) is 32.0 Å². The van der Waals surface area contributed by atoms with Crippen LogP contribution in [-0.2, 0) is 19.0 Å². The number of methoxy groups -OCH3 is 1. The molecule has 0 radical (unpaired) electrons. The second-order valence-corrected chi connectivity index (χ2v) is 12.4. The van der Waals surface area contributed by atoms with Gasteiger partial charge in [-0.2, -0.15) is 5.26 Å². The molecule has 2 N–H and O–H groups in total. The fourth-order valence-electron chi connectivity index (χ4n) is 6.51. The van der Waals surface area contributed by atoms with Crippen molar-refractivity contribution in [1.82, 2.24) is 20.4 Å². The van der Waals surface area contributed by atoms with Crippen LogP contribution in [0.25, 0.3) is 0 Å². The van der Waals surface area contributed by atoms with Gasteiger partial charge in [0.1, 0.15) is 11.6 Å². The fourth-order valence-corrected chi connectivity index (χ4v) is 6.51. The Morgan fingerprint density at radius 3 is 2.34 bits per heavy atom. The third-order valence-electron chi connectivity index (χ3n) is 9.38. The molecule has 2 heterocycles. The van der Waals surface area contributed by atoms with Crippen LogP contribution < -0.4 is 10.6 Å². The number of amides is 2. The van der Waals surface area contributed by atoms with Crippen LogP contribution in [0.2, 0.25) is 0 Å². The molecule has 2 saturated heterocycles. The highest BCUT2D eigenvalue weighted by atomic mass is 16.5. The molecule has 0 spiro atoms. The Bertz CT molecular complexity index is 911. The number of ether oxygens (including phenoxy) is 3. The molecule has 0 aromatic carbocycles. The van der Waals surface area contributed by atoms with E-state index in [1.807, 2.05) is 11.9 Å². The highest BCUT2D eigenvalue weighted by Crippen LogP contribution is 2.29. The Kier molecular flexibility index (Phi) is 12.1. The van der Waals surface area contributed by atoms with Crippen LogP contribution in [0.3, 0.4) is 0 Å². The number of piperidine rings is 1. The van der Waals surface area contributed by atoms with Gasteiger partial charge in [-0.25, -0.2) is 9.79 Å². The van der Waals surface area contributed by atoms with Crippen molar-refractivity contribution < 1.29 is 23.8 Å². The molecule has 0 bridgehead atoms. The van der Waals surface area contributed by atoms with Gasteiger partial charge in [-0.05, 0) is 63.8 Å². The second-order valence-electron chi connectivity index (χ2n) is 12.4. The van der Waals surface area contributed by atoms with Gasteiger partial charge in [-0.1, -0.05) is 32.1 Å². The van der Waals surface area contributed by atoms with Gasteiger partial charge < -0.3 is 29.3 Å². The van der Waals surface area contributed by atoms with Crippen molar-refractivity contribution >= 4 is 18.0 Å². The first-order chi connectivity index (χ1) is 19.9. The van der Waals surface area contributed by atoms with Crippen LogP contribution in [0.4, 0.5) is 4.79 Å². The lowest BCUT2D eigenvalue weighted by Gasteiger charge is -2.37. The lowest BCUT2D eigenvalue weighted by Crippen LogP contribution is -2.56. The number of hydrogen-bond donors (Lipinski definition) is 2. The van der Waals surface area contributed by atoms with Gasteiger partial charge in [-0.15, -0.1) is 0 Å². The fraction of sp³-hybridized carbons (Fsp3) is 0.867. The second kappa shape index (κ2) is 15.7. The lowest BCUT2D eigenvalue weighted by molar-refractivity contribution is -0.124. The first kappa shape index (κ1) is 31.5. The number of morpholine rings is 1. The van der Waals surface area contributed by atoms with E-state index in [9.17, 15) is 14.9 Å². The minimum atomic E-state index is -0.892. The molecule has 2 aliphatic carbocycles. The van der Waals surface area contributed by atoms with E-state index in [1.165, 1.54) is 6.42 Å². The number of guanidine groups is 1. The molecule has 0 aromatic heterocycles. The van der Waals surface area contributed by atoms with Crippen LogP contribution in [0.15, 0.2) is 4.99 Å². The van der Waals surface area contributed by atoms with E-state index in [-0.39, 0.29) is 5.91 Å². The average Bonchev–Trinajstić information content (AvgIpc) is 3.01. The van der Waals surface area contributed by atoms with Crippen molar-refractivity contribution in [3.05, 3.63) is 0 Å². The summed E-state index contributed by atoms with van der Waals surface area (Å²) in [5.41, 5.74) is -0.892. The van der Waals surface area contributed by atoms with E-state index < -0.39 is 17.7 Å². The molecule has 41 heavy (non-hydrogen) atoms.